The van der Waals surface area contributed by atoms with Gasteiger partial charge in [0.1, 0.15) is 17.7 Å². The zero-order valence-electron chi connectivity index (χ0n) is 15.2. The van der Waals surface area contributed by atoms with E-state index in [1.54, 1.807) is 24.0 Å². The number of carbonyl (C=O) groups is 2. The van der Waals surface area contributed by atoms with Gasteiger partial charge in [0.05, 0.1) is 6.42 Å². The van der Waals surface area contributed by atoms with Crippen LogP contribution in [0.15, 0.2) is 48.5 Å². The molecule has 1 aliphatic rings. The topological polar surface area (TPSA) is 52.7 Å². The Hall–Kier alpha value is -2.87. The summed E-state index contributed by atoms with van der Waals surface area (Å²) in [5, 5.41) is 3.00. The fourth-order valence-electron chi connectivity index (χ4n) is 3.07. The van der Waals surface area contributed by atoms with Crippen LogP contribution in [0.1, 0.15) is 18.9 Å². The molecular formula is C20H19F2N3O2S. The van der Waals surface area contributed by atoms with Gasteiger partial charge in [0, 0.05) is 18.8 Å². The Kier molecular flexibility index (Phi) is 5.99. The molecule has 1 aliphatic heterocycles. The van der Waals surface area contributed by atoms with Gasteiger partial charge >= 0.3 is 0 Å². The van der Waals surface area contributed by atoms with Crippen molar-refractivity contribution in [2.24, 2.45) is 0 Å². The normalized spacial score (nSPS) is 16.6. The second-order valence-electron chi connectivity index (χ2n) is 6.39. The van der Waals surface area contributed by atoms with E-state index < -0.39 is 11.9 Å². The van der Waals surface area contributed by atoms with Gasteiger partial charge < -0.3 is 10.2 Å². The molecule has 0 bridgehead atoms. The first-order valence-corrected chi connectivity index (χ1v) is 9.21. The third-order valence-corrected chi connectivity index (χ3v) is 4.95. The number of hydrogen-bond donors (Lipinski definition) is 1. The quantitative estimate of drug-likeness (QED) is 0.752. The van der Waals surface area contributed by atoms with Crippen molar-refractivity contribution in [2.45, 2.75) is 25.9 Å². The standard InChI is InChI=1S/C20H19F2N3O2S/c1-2-24-19(27)17(11-18(26)23-16-9-7-15(22)8-10-16)25(20(24)28)12-13-3-5-14(21)6-4-13/h3-10,17H,2,11-12H2,1H3,(H,23,26)/t17-/m0/s1. The number of thiocarbonyl (C=S) groups is 1. The molecule has 2 amide bonds. The molecule has 1 heterocycles. The lowest BCUT2D eigenvalue weighted by Gasteiger charge is -2.24. The van der Waals surface area contributed by atoms with Crippen LogP contribution in [0.2, 0.25) is 0 Å². The molecule has 1 saturated heterocycles. The maximum absolute atomic E-state index is 13.2. The van der Waals surface area contributed by atoms with Crippen LogP contribution in [-0.4, -0.2) is 39.3 Å². The fraction of sp³-hybridized carbons (Fsp3) is 0.250. The van der Waals surface area contributed by atoms with E-state index in [-0.39, 0.29) is 30.6 Å². The van der Waals surface area contributed by atoms with Crippen molar-refractivity contribution in [3.8, 4) is 0 Å². The number of carbonyl (C=O) groups excluding carboxylic acids is 2. The number of rotatable bonds is 6. The van der Waals surface area contributed by atoms with Gasteiger partial charge in [-0.2, -0.15) is 0 Å². The number of nitrogens with one attached hydrogen (secondary N) is 1. The van der Waals surface area contributed by atoms with Crippen molar-refractivity contribution >= 4 is 34.8 Å². The first-order chi connectivity index (χ1) is 13.4. The summed E-state index contributed by atoms with van der Waals surface area (Å²) in [4.78, 5) is 28.3. The van der Waals surface area contributed by atoms with E-state index in [1.807, 2.05) is 0 Å². The smallest absolute Gasteiger partial charge is 0.252 e. The molecule has 8 heteroatoms. The first-order valence-electron chi connectivity index (χ1n) is 8.81. The van der Waals surface area contributed by atoms with E-state index >= 15 is 0 Å². The molecule has 3 rings (SSSR count). The highest BCUT2D eigenvalue weighted by Gasteiger charge is 2.42. The molecule has 0 radical (unpaired) electrons. The number of halogens is 2. The summed E-state index contributed by atoms with van der Waals surface area (Å²) < 4.78 is 26.2. The number of nitrogens with zero attached hydrogens (tertiary/aromatic N) is 2. The van der Waals surface area contributed by atoms with Crippen molar-refractivity contribution in [1.82, 2.24) is 9.80 Å². The molecule has 0 unspecified atom stereocenters. The molecule has 28 heavy (non-hydrogen) atoms. The zero-order valence-corrected chi connectivity index (χ0v) is 16.0. The summed E-state index contributed by atoms with van der Waals surface area (Å²) >= 11 is 5.42. The Morgan fingerprint density at radius 2 is 1.64 bits per heavy atom. The van der Waals surface area contributed by atoms with Gasteiger partial charge in [-0.25, -0.2) is 8.78 Å². The van der Waals surface area contributed by atoms with Crippen molar-refractivity contribution in [1.29, 1.82) is 0 Å². The molecule has 1 N–H and O–H groups in total. The van der Waals surface area contributed by atoms with Gasteiger partial charge in [0.25, 0.3) is 5.91 Å². The van der Waals surface area contributed by atoms with Gasteiger partial charge in [-0.1, -0.05) is 12.1 Å². The van der Waals surface area contributed by atoms with Gasteiger partial charge in [-0.3, -0.25) is 14.5 Å². The monoisotopic (exact) mass is 403 g/mol. The SMILES string of the molecule is CCN1C(=O)[C@H](CC(=O)Nc2ccc(F)cc2)N(Cc2ccc(F)cc2)C1=S. The maximum atomic E-state index is 13.2. The molecule has 0 aromatic heterocycles. The van der Waals surface area contributed by atoms with Gasteiger partial charge in [-0.15, -0.1) is 0 Å². The second kappa shape index (κ2) is 8.43. The van der Waals surface area contributed by atoms with E-state index in [0.717, 1.165) is 5.56 Å². The molecule has 0 saturated carbocycles. The molecule has 0 spiro atoms. The van der Waals surface area contributed by atoms with Crippen LogP contribution in [0.4, 0.5) is 14.5 Å². The third kappa shape index (κ3) is 4.33. The maximum Gasteiger partial charge on any atom is 0.252 e. The third-order valence-electron chi connectivity index (χ3n) is 4.49. The number of hydrogen-bond acceptors (Lipinski definition) is 3. The van der Waals surface area contributed by atoms with Crippen LogP contribution in [0, 0.1) is 11.6 Å². The van der Waals surface area contributed by atoms with Gasteiger partial charge in [0.15, 0.2) is 5.11 Å². The highest BCUT2D eigenvalue weighted by molar-refractivity contribution is 7.80. The molecule has 5 nitrogen and oxygen atoms in total. The first kappa shape index (κ1) is 19.9. The van der Waals surface area contributed by atoms with Crippen LogP contribution in [0.3, 0.4) is 0 Å². The van der Waals surface area contributed by atoms with Crippen molar-refractivity contribution in [2.75, 3.05) is 11.9 Å². The Bertz CT molecular complexity index is 887. The number of benzene rings is 2. The average Bonchev–Trinajstić information content (AvgIpc) is 2.89. The summed E-state index contributed by atoms with van der Waals surface area (Å²) in [7, 11) is 0. The Labute approximate surface area is 166 Å². The number of amides is 2. The van der Waals surface area contributed by atoms with Gasteiger partial charge in [0.2, 0.25) is 5.91 Å². The van der Waals surface area contributed by atoms with E-state index in [4.69, 9.17) is 12.2 Å². The van der Waals surface area contributed by atoms with E-state index in [1.165, 1.54) is 41.3 Å². The second-order valence-corrected chi connectivity index (χ2v) is 6.76. The minimum Gasteiger partial charge on any atom is -0.332 e. The lowest BCUT2D eigenvalue weighted by atomic mass is 10.1. The molecule has 1 fully saturated rings. The number of anilines is 1. The highest BCUT2D eigenvalue weighted by Crippen LogP contribution is 2.24. The van der Waals surface area contributed by atoms with Crippen LogP contribution in [-0.2, 0) is 16.1 Å². The van der Waals surface area contributed by atoms with Crippen LogP contribution in [0.5, 0.6) is 0 Å². The molecule has 2 aromatic rings. The summed E-state index contributed by atoms with van der Waals surface area (Å²) in [5.74, 6) is -1.38. The van der Waals surface area contributed by atoms with Crippen LogP contribution in [0.25, 0.3) is 0 Å². The van der Waals surface area contributed by atoms with Crippen molar-refractivity contribution in [3.05, 3.63) is 65.7 Å². The predicted molar refractivity (Wildman–Crippen MR) is 105 cm³/mol. The molecular weight excluding hydrogens is 384 g/mol. The van der Waals surface area contributed by atoms with Gasteiger partial charge in [-0.05, 0) is 61.1 Å². The molecule has 0 aliphatic carbocycles. The summed E-state index contributed by atoms with van der Waals surface area (Å²) in [6.45, 7) is 2.49. The zero-order chi connectivity index (χ0) is 20.3. The summed E-state index contributed by atoms with van der Waals surface area (Å²) in [6, 6.07) is 10.5. The van der Waals surface area contributed by atoms with E-state index in [0.29, 0.717) is 17.3 Å². The minimum atomic E-state index is -0.752. The average molecular weight is 403 g/mol. The Balaban J connectivity index is 1.75. The molecule has 1 atom stereocenters. The molecule has 2 aromatic carbocycles. The van der Waals surface area contributed by atoms with Crippen molar-refractivity contribution in [3.63, 3.8) is 0 Å². The largest absolute Gasteiger partial charge is 0.332 e. The highest BCUT2D eigenvalue weighted by atomic mass is 32.1. The lowest BCUT2D eigenvalue weighted by Crippen LogP contribution is -2.37. The van der Waals surface area contributed by atoms with Crippen LogP contribution < -0.4 is 5.32 Å². The minimum absolute atomic E-state index is 0.103. The lowest BCUT2D eigenvalue weighted by molar-refractivity contribution is -0.130. The van der Waals surface area contributed by atoms with E-state index in [2.05, 4.69) is 5.32 Å². The fourth-order valence-corrected chi connectivity index (χ4v) is 3.48. The summed E-state index contributed by atoms with van der Waals surface area (Å²) in [6.07, 6.45) is -0.103. The molecule has 146 valence electrons. The predicted octanol–water partition coefficient (Wildman–Crippen LogP) is 3.31. The number of likely N-dealkylation sites (N-methyl/N-ethyl adjacent to an activating group) is 1. The van der Waals surface area contributed by atoms with Crippen molar-refractivity contribution < 1.29 is 18.4 Å². The Morgan fingerprint density at radius 1 is 1.07 bits per heavy atom. The summed E-state index contributed by atoms with van der Waals surface area (Å²) in [5.41, 5.74) is 1.22. The Morgan fingerprint density at radius 3 is 2.21 bits per heavy atom. The van der Waals surface area contributed by atoms with E-state index in [9.17, 15) is 18.4 Å². The van der Waals surface area contributed by atoms with Crippen LogP contribution >= 0.6 is 12.2 Å².